The summed E-state index contributed by atoms with van der Waals surface area (Å²) in [5, 5.41) is 6.27. The van der Waals surface area contributed by atoms with Gasteiger partial charge in [-0.15, -0.1) is 0 Å². The highest BCUT2D eigenvalue weighted by molar-refractivity contribution is 5.99. The van der Waals surface area contributed by atoms with Crippen LogP contribution in [-0.4, -0.2) is 19.0 Å². The molecule has 0 saturated heterocycles. The Bertz CT molecular complexity index is 425. The topological polar surface area (TPSA) is 41.1 Å². The Morgan fingerprint density at radius 1 is 1.25 bits per heavy atom. The molecule has 0 aliphatic heterocycles. The molecule has 1 aromatic rings. The molecule has 1 amide bonds. The zero-order valence-electron chi connectivity index (χ0n) is 12.5. The van der Waals surface area contributed by atoms with Crippen LogP contribution in [0.1, 0.15) is 55.8 Å². The van der Waals surface area contributed by atoms with Crippen LogP contribution in [0.15, 0.2) is 24.3 Å². The predicted octanol–water partition coefficient (Wildman–Crippen LogP) is 3.82. The Kier molecular flexibility index (Phi) is 5.90. The zero-order valence-corrected chi connectivity index (χ0v) is 12.5. The van der Waals surface area contributed by atoms with Crippen molar-refractivity contribution in [2.75, 3.05) is 18.4 Å². The largest absolute Gasteiger partial charge is 0.385 e. The molecule has 110 valence electrons. The zero-order chi connectivity index (χ0) is 14.2. The lowest BCUT2D eigenvalue weighted by Crippen LogP contribution is -2.25. The van der Waals surface area contributed by atoms with Crippen LogP contribution in [0.3, 0.4) is 0 Å². The monoisotopic (exact) mass is 274 g/mol. The van der Waals surface area contributed by atoms with E-state index in [1.807, 2.05) is 31.2 Å². The summed E-state index contributed by atoms with van der Waals surface area (Å²) in [4.78, 5) is 12.2. The van der Waals surface area contributed by atoms with E-state index in [4.69, 9.17) is 0 Å². The minimum absolute atomic E-state index is 0.0352. The Morgan fingerprint density at radius 3 is 2.75 bits per heavy atom. The molecule has 0 heterocycles. The molecule has 0 radical (unpaired) electrons. The predicted molar refractivity (Wildman–Crippen MR) is 84.1 cm³/mol. The van der Waals surface area contributed by atoms with Gasteiger partial charge in [0.15, 0.2) is 0 Å². The average molecular weight is 274 g/mol. The van der Waals surface area contributed by atoms with Gasteiger partial charge >= 0.3 is 0 Å². The van der Waals surface area contributed by atoms with E-state index in [2.05, 4.69) is 10.6 Å². The molecule has 0 atom stereocenters. The fourth-order valence-electron chi connectivity index (χ4n) is 3.01. The molecular weight excluding hydrogens is 248 g/mol. The molecule has 1 aliphatic rings. The van der Waals surface area contributed by atoms with Crippen molar-refractivity contribution in [1.29, 1.82) is 0 Å². The molecular formula is C17H26N2O. The number of nitrogens with one attached hydrogen (secondary N) is 2. The molecule has 1 aliphatic carbocycles. The minimum Gasteiger partial charge on any atom is -0.385 e. The summed E-state index contributed by atoms with van der Waals surface area (Å²) in [6.07, 6.45) is 7.92. The second-order valence-electron chi connectivity index (χ2n) is 5.62. The second-order valence-corrected chi connectivity index (χ2v) is 5.62. The van der Waals surface area contributed by atoms with E-state index in [1.54, 1.807) is 0 Å². The number of para-hydroxylation sites is 1. The van der Waals surface area contributed by atoms with E-state index >= 15 is 0 Å². The highest BCUT2D eigenvalue weighted by atomic mass is 16.1. The van der Waals surface area contributed by atoms with Crippen LogP contribution in [0.4, 0.5) is 5.69 Å². The number of carbonyl (C=O) groups is 1. The van der Waals surface area contributed by atoms with Crippen LogP contribution in [0, 0.1) is 5.92 Å². The van der Waals surface area contributed by atoms with Crippen molar-refractivity contribution in [3.05, 3.63) is 29.8 Å². The normalized spacial score (nSPS) is 15.2. The molecule has 0 unspecified atom stereocenters. The third kappa shape index (κ3) is 4.26. The number of carbonyl (C=O) groups excluding carboxylic acids is 1. The third-order valence-electron chi connectivity index (χ3n) is 4.09. The molecule has 20 heavy (non-hydrogen) atoms. The summed E-state index contributed by atoms with van der Waals surface area (Å²) >= 11 is 0. The molecule has 0 bridgehead atoms. The fraction of sp³-hybridized carbons (Fsp3) is 0.588. The lowest BCUT2D eigenvalue weighted by Gasteiger charge is -2.12. The van der Waals surface area contributed by atoms with Crippen molar-refractivity contribution in [3.8, 4) is 0 Å². The lowest BCUT2D eigenvalue weighted by molar-refractivity contribution is 0.0953. The lowest BCUT2D eigenvalue weighted by atomic mass is 10.0. The van der Waals surface area contributed by atoms with Gasteiger partial charge in [0.2, 0.25) is 0 Å². The molecule has 1 fully saturated rings. The van der Waals surface area contributed by atoms with Crippen molar-refractivity contribution in [3.63, 3.8) is 0 Å². The van der Waals surface area contributed by atoms with Crippen LogP contribution in [0.5, 0.6) is 0 Å². The first-order chi connectivity index (χ1) is 9.81. The van der Waals surface area contributed by atoms with Gasteiger partial charge < -0.3 is 10.6 Å². The molecule has 0 spiro atoms. The van der Waals surface area contributed by atoms with Gasteiger partial charge in [-0.1, -0.05) is 37.8 Å². The summed E-state index contributed by atoms with van der Waals surface area (Å²) in [7, 11) is 0. The molecule has 0 aromatic heterocycles. The summed E-state index contributed by atoms with van der Waals surface area (Å²) < 4.78 is 0. The number of amides is 1. The van der Waals surface area contributed by atoms with E-state index in [0.29, 0.717) is 0 Å². The van der Waals surface area contributed by atoms with Gasteiger partial charge in [-0.25, -0.2) is 0 Å². The van der Waals surface area contributed by atoms with Crippen LogP contribution >= 0.6 is 0 Å². The maximum Gasteiger partial charge on any atom is 0.253 e. The van der Waals surface area contributed by atoms with Crippen LogP contribution in [-0.2, 0) is 0 Å². The number of hydrogen-bond donors (Lipinski definition) is 2. The quantitative estimate of drug-likeness (QED) is 0.742. The van der Waals surface area contributed by atoms with Gasteiger partial charge in [-0.05, 0) is 37.8 Å². The van der Waals surface area contributed by atoms with Crippen LogP contribution < -0.4 is 10.6 Å². The van der Waals surface area contributed by atoms with Crippen LogP contribution in [0.25, 0.3) is 0 Å². The first-order valence-corrected chi connectivity index (χ1v) is 7.92. The molecule has 1 aromatic carbocycles. The fourth-order valence-corrected chi connectivity index (χ4v) is 3.01. The van der Waals surface area contributed by atoms with Gasteiger partial charge in [0.1, 0.15) is 0 Å². The van der Waals surface area contributed by atoms with Gasteiger partial charge in [-0.2, -0.15) is 0 Å². The number of hydrogen-bond acceptors (Lipinski definition) is 2. The standard InChI is InChI=1S/C17H26N2O/c1-2-18-16-12-6-5-11-15(16)17(20)19-13-7-10-14-8-3-4-9-14/h5-6,11-12,14,18H,2-4,7-10,13H2,1H3,(H,19,20). The third-order valence-corrected chi connectivity index (χ3v) is 4.09. The second kappa shape index (κ2) is 7.93. The van der Waals surface area contributed by atoms with Gasteiger partial charge in [-0.3, -0.25) is 4.79 Å². The van der Waals surface area contributed by atoms with Crippen molar-refractivity contribution in [2.24, 2.45) is 5.92 Å². The number of benzene rings is 1. The van der Waals surface area contributed by atoms with E-state index < -0.39 is 0 Å². The Hall–Kier alpha value is -1.51. The van der Waals surface area contributed by atoms with Gasteiger partial charge in [0.25, 0.3) is 5.91 Å². The minimum atomic E-state index is 0.0352. The van der Waals surface area contributed by atoms with E-state index in [9.17, 15) is 4.79 Å². The smallest absolute Gasteiger partial charge is 0.253 e. The molecule has 2 N–H and O–H groups in total. The summed E-state index contributed by atoms with van der Waals surface area (Å²) in [5.74, 6) is 0.939. The number of anilines is 1. The van der Waals surface area contributed by atoms with Gasteiger partial charge in [0, 0.05) is 18.8 Å². The molecule has 3 nitrogen and oxygen atoms in total. The van der Waals surface area contributed by atoms with E-state index in [-0.39, 0.29) is 5.91 Å². The SMILES string of the molecule is CCNc1ccccc1C(=O)NCCCC1CCCC1. The Morgan fingerprint density at radius 2 is 2.00 bits per heavy atom. The number of rotatable bonds is 7. The highest BCUT2D eigenvalue weighted by Gasteiger charge is 2.14. The maximum atomic E-state index is 12.2. The van der Waals surface area contributed by atoms with Crippen molar-refractivity contribution in [2.45, 2.75) is 45.4 Å². The first-order valence-electron chi connectivity index (χ1n) is 7.92. The average Bonchev–Trinajstić information content (AvgIpc) is 2.97. The molecule has 1 saturated carbocycles. The molecule has 2 rings (SSSR count). The van der Waals surface area contributed by atoms with Crippen molar-refractivity contribution >= 4 is 11.6 Å². The summed E-state index contributed by atoms with van der Waals surface area (Å²) in [5.41, 5.74) is 1.67. The van der Waals surface area contributed by atoms with Crippen molar-refractivity contribution in [1.82, 2.24) is 5.32 Å². The Balaban J connectivity index is 1.76. The molecule has 3 heteroatoms. The first kappa shape index (κ1) is 14.9. The van der Waals surface area contributed by atoms with Gasteiger partial charge in [0.05, 0.1) is 5.56 Å². The highest BCUT2D eigenvalue weighted by Crippen LogP contribution is 2.28. The van der Waals surface area contributed by atoms with Crippen LogP contribution in [0.2, 0.25) is 0 Å². The summed E-state index contributed by atoms with van der Waals surface area (Å²) in [6, 6.07) is 7.70. The van der Waals surface area contributed by atoms with E-state index in [1.165, 1.54) is 32.1 Å². The Labute approximate surface area is 122 Å². The maximum absolute atomic E-state index is 12.2. The summed E-state index contributed by atoms with van der Waals surface area (Å²) in [6.45, 7) is 3.65. The van der Waals surface area contributed by atoms with E-state index in [0.717, 1.165) is 36.7 Å². The van der Waals surface area contributed by atoms with Crippen molar-refractivity contribution < 1.29 is 4.79 Å².